The third kappa shape index (κ3) is 1.64. The quantitative estimate of drug-likeness (QED) is 0.825. The zero-order chi connectivity index (χ0) is 9.97. The molecule has 2 aromatic heterocycles. The Bertz CT molecular complexity index is 414. The number of hydrogen-bond donors (Lipinski definition) is 1. The summed E-state index contributed by atoms with van der Waals surface area (Å²) in [4.78, 5) is 3.90. The lowest BCUT2D eigenvalue weighted by atomic mass is 10.0. The van der Waals surface area contributed by atoms with Crippen molar-refractivity contribution in [2.45, 2.75) is 6.04 Å². The fourth-order valence-corrected chi connectivity index (χ4v) is 1.51. The van der Waals surface area contributed by atoms with Gasteiger partial charge < -0.3 is 10.2 Å². The summed E-state index contributed by atoms with van der Waals surface area (Å²) in [5.41, 5.74) is 7.74. The standard InChI is InChI=1S/C10H9ClN2O/c11-9-5-13-3-1-8(9)10(12)7-2-4-14-6-7/h1-6,10H,12H2. The van der Waals surface area contributed by atoms with Crippen LogP contribution in [0.4, 0.5) is 0 Å². The second-order valence-electron chi connectivity index (χ2n) is 2.93. The lowest BCUT2D eigenvalue weighted by Crippen LogP contribution is -2.11. The predicted octanol–water partition coefficient (Wildman–Crippen LogP) is 2.38. The number of nitrogens with two attached hydrogens (primary N) is 1. The maximum Gasteiger partial charge on any atom is 0.0953 e. The van der Waals surface area contributed by atoms with Gasteiger partial charge in [0.15, 0.2) is 0 Å². The highest BCUT2D eigenvalue weighted by Crippen LogP contribution is 2.25. The van der Waals surface area contributed by atoms with E-state index in [1.807, 2.05) is 6.07 Å². The van der Waals surface area contributed by atoms with E-state index in [1.54, 1.807) is 31.0 Å². The van der Waals surface area contributed by atoms with Crippen molar-refractivity contribution in [3.05, 3.63) is 53.2 Å². The highest BCUT2D eigenvalue weighted by Gasteiger charge is 2.12. The van der Waals surface area contributed by atoms with Crippen LogP contribution in [0.3, 0.4) is 0 Å². The Morgan fingerprint density at radius 3 is 2.93 bits per heavy atom. The van der Waals surface area contributed by atoms with Crippen LogP contribution in [0.25, 0.3) is 0 Å². The number of nitrogens with zero attached hydrogens (tertiary/aromatic N) is 1. The molecule has 0 aromatic carbocycles. The van der Waals surface area contributed by atoms with E-state index in [1.165, 1.54) is 0 Å². The van der Waals surface area contributed by atoms with Crippen LogP contribution in [0.15, 0.2) is 41.5 Å². The Morgan fingerprint density at radius 2 is 2.29 bits per heavy atom. The van der Waals surface area contributed by atoms with Gasteiger partial charge in [0.2, 0.25) is 0 Å². The Balaban J connectivity index is 2.37. The molecule has 0 bridgehead atoms. The molecule has 0 aliphatic heterocycles. The van der Waals surface area contributed by atoms with Crippen molar-refractivity contribution in [2.75, 3.05) is 0 Å². The summed E-state index contributed by atoms with van der Waals surface area (Å²) in [5.74, 6) is 0. The van der Waals surface area contributed by atoms with Gasteiger partial charge in [-0.2, -0.15) is 0 Å². The largest absolute Gasteiger partial charge is 0.472 e. The Labute approximate surface area is 86.5 Å². The van der Waals surface area contributed by atoms with Crippen molar-refractivity contribution in [1.29, 1.82) is 0 Å². The predicted molar refractivity (Wildman–Crippen MR) is 54.0 cm³/mol. The first kappa shape index (κ1) is 9.24. The topological polar surface area (TPSA) is 52.0 Å². The van der Waals surface area contributed by atoms with Crippen molar-refractivity contribution in [3.63, 3.8) is 0 Å². The van der Waals surface area contributed by atoms with Crippen LogP contribution in [-0.4, -0.2) is 4.98 Å². The molecule has 1 atom stereocenters. The molecule has 0 saturated carbocycles. The van der Waals surface area contributed by atoms with E-state index < -0.39 is 0 Å². The lowest BCUT2D eigenvalue weighted by Gasteiger charge is -2.10. The average Bonchev–Trinajstić information content (AvgIpc) is 2.70. The Hall–Kier alpha value is -1.32. The molecule has 3 nitrogen and oxygen atoms in total. The molecule has 0 amide bonds. The van der Waals surface area contributed by atoms with Crippen molar-refractivity contribution in [2.24, 2.45) is 5.73 Å². The van der Waals surface area contributed by atoms with E-state index in [9.17, 15) is 0 Å². The summed E-state index contributed by atoms with van der Waals surface area (Å²) in [6.07, 6.45) is 6.45. The molecule has 2 aromatic rings. The van der Waals surface area contributed by atoms with Crippen LogP contribution in [0.1, 0.15) is 17.2 Å². The number of furan rings is 1. The minimum absolute atomic E-state index is 0.260. The molecule has 0 spiro atoms. The van der Waals surface area contributed by atoms with E-state index in [2.05, 4.69) is 4.98 Å². The lowest BCUT2D eigenvalue weighted by molar-refractivity contribution is 0.562. The molecule has 72 valence electrons. The van der Waals surface area contributed by atoms with Crippen LogP contribution < -0.4 is 5.73 Å². The van der Waals surface area contributed by atoms with E-state index in [0.717, 1.165) is 11.1 Å². The van der Waals surface area contributed by atoms with E-state index in [-0.39, 0.29) is 6.04 Å². The van der Waals surface area contributed by atoms with Crippen LogP contribution in [0, 0.1) is 0 Å². The van der Waals surface area contributed by atoms with Gasteiger partial charge in [-0.1, -0.05) is 11.6 Å². The Kier molecular flexibility index (Phi) is 2.52. The number of rotatable bonds is 2. The van der Waals surface area contributed by atoms with Crippen LogP contribution in [0.5, 0.6) is 0 Å². The van der Waals surface area contributed by atoms with Gasteiger partial charge in [-0.15, -0.1) is 0 Å². The van der Waals surface area contributed by atoms with Crippen LogP contribution in [0.2, 0.25) is 5.02 Å². The SMILES string of the molecule is NC(c1ccoc1)c1ccncc1Cl. The number of aromatic nitrogens is 1. The molecule has 0 saturated heterocycles. The molecule has 2 heterocycles. The maximum absolute atomic E-state index is 5.99. The van der Waals surface area contributed by atoms with E-state index in [4.69, 9.17) is 21.8 Å². The number of hydrogen-bond acceptors (Lipinski definition) is 3. The number of pyridine rings is 1. The average molecular weight is 209 g/mol. The summed E-state index contributed by atoms with van der Waals surface area (Å²) < 4.78 is 4.96. The van der Waals surface area contributed by atoms with Crippen molar-refractivity contribution in [1.82, 2.24) is 4.98 Å². The van der Waals surface area contributed by atoms with E-state index in [0.29, 0.717) is 5.02 Å². The minimum atomic E-state index is -0.260. The van der Waals surface area contributed by atoms with Crippen molar-refractivity contribution < 1.29 is 4.42 Å². The smallest absolute Gasteiger partial charge is 0.0953 e. The van der Waals surface area contributed by atoms with Crippen molar-refractivity contribution >= 4 is 11.6 Å². The summed E-state index contributed by atoms with van der Waals surface area (Å²) in [6.45, 7) is 0. The molecule has 4 heteroatoms. The third-order valence-corrected chi connectivity index (χ3v) is 2.36. The van der Waals surface area contributed by atoms with Crippen LogP contribution >= 0.6 is 11.6 Å². The summed E-state index contributed by atoms with van der Waals surface area (Å²) in [7, 11) is 0. The maximum atomic E-state index is 5.99. The summed E-state index contributed by atoms with van der Waals surface area (Å²) in [5, 5.41) is 0.571. The second-order valence-corrected chi connectivity index (χ2v) is 3.34. The molecule has 14 heavy (non-hydrogen) atoms. The summed E-state index contributed by atoms with van der Waals surface area (Å²) >= 11 is 5.96. The fourth-order valence-electron chi connectivity index (χ4n) is 1.27. The molecule has 0 aliphatic rings. The molecule has 2 rings (SSSR count). The molecule has 0 fully saturated rings. The zero-order valence-corrected chi connectivity index (χ0v) is 8.11. The first-order chi connectivity index (χ1) is 6.79. The third-order valence-electron chi connectivity index (χ3n) is 2.04. The van der Waals surface area contributed by atoms with Crippen LogP contribution in [-0.2, 0) is 0 Å². The van der Waals surface area contributed by atoms with Gasteiger partial charge in [0, 0.05) is 18.0 Å². The van der Waals surface area contributed by atoms with Gasteiger partial charge in [0.1, 0.15) is 0 Å². The molecule has 0 radical (unpaired) electrons. The Morgan fingerprint density at radius 1 is 1.43 bits per heavy atom. The fraction of sp³-hybridized carbons (Fsp3) is 0.100. The van der Waals surface area contributed by atoms with Gasteiger partial charge in [-0.05, 0) is 17.7 Å². The van der Waals surface area contributed by atoms with E-state index >= 15 is 0 Å². The second kappa shape index (κ2) is 3.82. The monoisotopic (exact) mass is 208 g/mol. The number of halogens is 1. The molecular weight excluding hydrogens is 200 g/mol. The minimum Gasteiger partial charge on any atom is -0.472 e. The molecule has 1 unspecified atom stereocenters. The van der Waals surface area contributed by atoms with Gasteiger partial charge >= 0.3 is 0 Å². The molecule has 2 N–H and O–H groups in total. The van der Waals surface area contributed by atoms with Gasteiger partial charge in [-0.3, -0.25) is 4.98 Å². The zero-order valence-electron chi connectivity index (χ0n) is 7.35. The van der Waals surface area contributed by atoms with Gasteiger partial charge in [0.25, 0.3) is 0 Å². The normalized spacial score (nSPS) is 12.7. The van der Waals surface area contributed by atoms with Gasteiger partial charge in [0.05, 0.1) is 23.6 Å². The summed E-state index contributed by atoms with van der Waals surface area (Å²) in [6, 6.07) is 3.37. The highest BCUT2D eigenvalue weighted by atomic mass is 35.5. The molecule has 0 aliphatic carbocycles. The van der Waals surface area contributed by atoms with Gasteiger partial charge in [-0.25, -0.2) is 0 Å². The molecular formula is C10H9ClN2O. The first-order valence-corrected chi connectivity index (χ1v) is 4.54. The first-order valence-electron chi connectivity index (χ1n) is 4.16. The highest BCUT2D eigenvalue weighted by molar-refractivity contribution is 6.31. The van der Waals surface area contributed by atoms with Crippen molar-refractivity contribution in [3.8, 4) is 0 Å².